The molecule has 2 aromatic heterocycles. The Balaban J connectivity index is 0.000000646. The van der Waals surface area contributed by atoms with E-state index in [2.05, 4.69) is 24.5 Å². The van der Waals surface area contributed by atoms with Gasteiger partial charge in [0.1, 0.15) is 33.3 Å². The molecule has 4 rings (SSSR count). The van der Waals surface area contributed by atoms with Crippen LogP contribution in [0.25, 0.3) is 22.7 Å². The number of alkyl halides is 5. The second-order valence-electron chi connectivity index (χ2n) is 9.76. The third-order valence-corrected chi connectivity index (χ3v) is 9.73. The minimum atomic E-state index is -5.08. The lowest BCUT2D eigenvalue weighted by atomic mass is 9.91. The summed E-state index contributed by atoms with van der Waals surface area (Å²) >= 11 is 0. The standard InChI is InChI=1S/C23H25F3N6O3S.C2HF3O2/c1-22(2)21(27)31-23(3,12-36(22,33)28-4)14-7-13(5-6-15(14)24)18-8-16(32-35-18)17-9-30-20(10-29-17)34-11-19(25)26;3-2(4,5)1(6)7/h5-10,19H,11-12H2,1-4H3,(H2,27,31);(H,6,7)/t23-,36-;/m0./s1. The van der Waals surface area contributed by atoms with Crippen LogP contribution in [-0.4, -0.2) is 73.0 Å². The minimum Gasteiger partial charge on any atom is -0.475 e. The van der Waals surface area contributed by atoms with Crippen molar-refractivity contribution >= 4 is 21.5 Å². The average Bonchev–Trinajstić information content (AvgIpc) is 3.41. The zero-order valence-corrected chi connectivity index (χ0v) is 23.8. The molecule has 0 spiro atoms. The number of carboxylic acid groups (broad SMARTS) is 1. The number of benzene rings is 1. The third kappa shape index (κ3) is 7.23. The molecular formula is C25H26F6N6O5S. The van der Waals surface area contributed by atoms with E-state index in [0.717, 1.165) is 0 Å². The predicted molar refractivity (Wildman–Crippen MR) is 143 cm³/mol. The van der Waals surface area contributed by atoms with Gasteiger partial charge in [0.05, 0.1) is 27.9 Å². The van der Waals surface area contributed by atoms with Crippen LogP contribution in [-0.2, 0) is 20.1 Å². The van der Waals surface area contributed by atoms with Gasteiger partial charge in [-0.15, -0.1) is 0 Å². The number of rotatable bonds is 6. The first-order valence-electron chi connectivity index (χ1n) is 12.1. The molecular weight excluding hydrogens is 610 g/mol. The summed E-state index contributed by atoms with van der Waals surface area (Å²) in [5, 5.41) is 11.1. The number of carboxylic acids is 1. The van der Waals surface area contributed by atoms with Crippen molar-refractivity contribution in [3.63, 3.8) is 0 Å². The van der Waals surface area contributed by atoms with Gasteiger partial charge in [0.25, 0.3) is 6.43 Å². The van der Waals surface area contributed by atoms with Crippen molar-refractivity contribution in [2.75, 3.05) is 19.4 Å². The van der Waals surface area contributed by atoms with Gasteiger partial charge in [0, 0.05) is 24.2 Å². The van der Waals surface area contributed by atoms with Crippen LogP contribution >= 0.6 is 0 Å². The highest BCUT2D eigenvalue weighted by Crippen LogP contribution is 2.40. The van der Waals surface area contributed by atoms with Crippen molar-refractivity contribution in [3.8, 4) is 28.6 Å². The van der Waals surface area contributed by atoms with Crippen molar-refractivity contribution in [1.82, 2.24) is 15.1 Å². The van der Waals surface area contributed by atoms with Gasteiger partial charge >= 0.3 is 12.1 Å². The van der Waals surface area contributed by atoms with Crippen LogP contribution in [0.4, 0.5) is 26.3 Å². The summed E-state index contributed by atoms with van der Waals surface area (Å²) in [5.74, 6) is -2.92. The van der Waals surface area contributed by atoms with E-state index in [1.165, 1.54) is 31.6 Å². The molecule has 0 saturated carbocycles. The van der Waals surface area contributed by atoms with Crippen molar-refractivity contribution in [2.24, 2.45) is 15.1 Å². The fraction of sp³-hybridized carbons (Fsp3) is 0.400. The summed E-state index contributed by atoms with van der Waals surface area (Å²) in [6, 6.07) is 5.91. The van der Waals surface area contributed by atoms with E-state index in [-0.39, 0.29) is 23.0 Å². The number of aliphatic carboxylic acids is 1. The number of nitrogens with zero attached hydrogens (tertiary/aromatic N) is 5. The lowest BCUT2D eigenvalue weighted by Gasteiger charge is -2.40. The largest absolute Gasteiger partial charge is 0.490 e. The summed E-state index contributed by atoms with van der Waals surface area (Å²) in [4.78, 5) is 21.5. The SMILES string of the molecule is CN=[S@]1(=O)C[C@@](C)(c2cc(-c3cc(-c4cnc(OCC(F)F)cn4)no3)ccc2F)N=C(N)C1(C)C.O=C(O)C(F)(F)F. The maximum Gasteiger partial charge on any atom is 0.490 e. The Bertz CT molecular complexity index is 1630. The van der Waals surface area contributed by atoms with E-state index >= 15 is 4.39 Å². The van der Waals surface area contributed by atoms with Crippen molar-refractivity contribution in [2.45, 2.75) is 43.7 Å². The van der Waals surface area contributed by atoms with Crippen LogP contribution in [0.2, 0.25) is 0 Å². The Morgan fingerprint density at radius 2 is 1.84 bits per heavy atom. The lowest BCUT2D eigenvalue weighted by molar-refractivity contribution is -0.192. The molecule has 0 radical (unpaired) electrons. The van der Waals surface area contributed by atoms with Gasteiger partial charge in [-0.1, -0.05) is 5.16 Å². The summed E-state index contributed by atoms with van der Waals surface area (Å²) in [5.41, 5.74) is 6.29. The molecule has 0 amide bonds. The molecule has 0 bridgehead atoms. The molecule has 0 aliphatic carbocycles. The quantitative estimate of drug-likeness (QED) is 0.366. The monoisotopic (exact) mass is 636 g/mol. The van der Waals surface area contributed by atoms with E-state index in [0.29, 0.717) is 22.7 Å². The maximum absolute atomic E-state index is 15.1. The van der Waals surface area contributed by atoms with Crippen molar-refractivity contribution in [3.05, 3.63) is 48.0 Å². The number of carbonyl (C=O) groups is 1. The molecule has 1 aliphatic heterocycles. The maximum atomic E-state index is 15.1. The van der Waals surface area contributed by atoms with Crippen LogP contribution in [0.3, 0.4) is 0 Å². The smallest absolute Gasteiger partial charge is 0.475 e. The summed E-state index contributed by atoms with van der Waals surface area (Å²) in [7, 11) is -1.39. The minimum absolute atomic E-state index is 0.0121. The highest BCUT2D eigenvalue weighted by atomic mass is 32.2. The van der Waals surface area contributed by atoms with Gasteiger partial charge in [-0.05, 0) is 39.0 Å². The highest BCUT2D eigenvalue weighted by molar-refractivity contribution is 7.95. The topological polar surface area (TPSA) is 166 Å². The first-order valence-corrected chi connectivity index (χ1v) is 13.8. The van der Waals surface area contributed by atoms with E-state index in [9.17, 15) is 26.2 Å². The molecule has 18 heteroatoms. The Kier molecular flexibility index (Phi) is 9.43. The molecule has 1 aliphatic rings. The predicted octanol–water partition coefficient (Wildman–Crippen LogP) is 4.68. The van der Waals surface area contributed by atoms with E-state index in [4.69, 9.17) is 24.9 Å². The fourth-order valence-electron chi connectivity index (χ4n) is 3.88. The van der Waals surface area contributed by atoms with Gasteiger partial charge in [-0.2, -0.15) is 13.2 Å². The molecule has 0 fully saturated rings. The number of aliphatic imine (C=N–C) groups is 1. The Morgan fingerprint density at radius 3 is 2.37 bits per heavy atom. The fourth-order valence-corrected chi connectivity index (χ4v) is 6.18. The molecule has 2 atom stereocenters. The zero-order chi connectivity index (χ0) is 32.4. The first-order chi connectivity index (χ1) is 19.8. The van der Waals surface area contributed by atoms with E-state index in [1.807, 2.05) is 0 Å². The average molecular weight is 637 g/mol. The molecule has 3 heterocycles. The van der Waals surface area contributed by atoms with Gasteiger partial charge < -0.3 is 20.1 Å². The Labute approximate surface area is 241 Å². The molecule has 43 heavy (non-hydrogen) atoms. The van der Waals surface area contributed by atoms with Crippen LogP contribution in [0, 0.1) is 5.82 Å². The molecule has 234 valence electrons. The van der Waals surface area contributed by atoms with E-state index < -0.39 is 51.0 Å². The highest BCUT2D eigenvalue weighted by Gasteiger charge is 2.47. The van der Waals surface area contributed by atoms with Crippen LogP contribution in [0.15, 0.2) is 50.5 Å². The number of amidine groups is 1. The van der Waals surface area contributed by atoms with Gasteiger partial charge in [0.15, 0.2) is 12.4 Å². The summed E-state index contributed by atoms with van der Waals surface area (Å²) < 4.78 is 98.4. The molecule has 0 saturated heterocycles. The second-order valence-corrected chi connectivity index (χ2v) is 12.7. The molecule has 0 unspecified atom stereocenters. The van der Waals surface area contributed by atoms with Crippen LogP contribution in [0.1, 0.15) is 26.3 Å². The molecule has 1 aromatic carbocycles. The lowest BCUT2D eigenvalue weighted by Crippen LogP contribution is -2.54. The van der Waals surface area contributed by atoms with Gasteiger partial charge in [-0.3, -0.25) is 4.99 Å². The van der Waals surface area contributed by atoms with Crippen LogP contribution < -0.4 is 10.5 Å². The van der Waals surface area contributed by atoms with Crippen molar-refractivity contribution in [1.29, 1.82) is 0 Å². The summed E-state index contributed by atoms with van der Waals surface area (Å²) in [6.07, 6.45) is -5.20. The zero-order valence-electron chi connectivity index (χ0n) is 23.0. The number of ether oxygens (including phenoxy) is 1. The number of halogens is 6. The van der Waals surface area contributed by atoms with Crippen LogP contribution in [0.5, 0.6) is 5.88 Å². The van der Waals surface area contributed by atoms with Gasteiger partial charge in [-0.25, -0.2) is 36.5 Å². The second kappa shape index (κ2) is 12.2. The molecule has 11 nitrogen and oxygen atoms in total. The normalized spacial score (nSPS) is 21.4. The number of hydrogen-bond donors (Lipinski definition) is 2. The van der Waals surface area contributed by atoms with Crippen molar-refractivity contribution < 1.29 is 49.7 Å². The summed E-state index contributed by atoms with van der Waals surface area (Å²) in [6.45, 7) is 4.30. The number of aromatic nitrogens is 3. The van der Waals surface area contributed by atoms with E-state index in [1.54, 1.807) is 32.9 Å². The first kappa shape index (κ1) is 33.3. The molecule has 3 aromatic rings. The third-order valence-electron chi connectivity index (χ3n) is 6.38. The number of nitrogens with two attached hydrogens (primary N) is 1. The Hall–Kier alpha value is -4.22. The molecule has 3 N–H and O–H groups in total. The number of hydrogen-bond acceptors (Lipinski definition) is 10. The Morgan fingerprint density at radius 1 is 1.19 bits per heavy atom. The van der Waals surface area contributed by atoms with Gasteiger partial charge in [0.2, 0.25) is 5.88 Å².